The summed E-state index contributed by atoms with van der Waals surface area (Å²) >= 11 is 1.88. The van der Waals surface area contributed by atoms with E-state index in [0.29, 0.717) is 0 Å². The van der Waals surface area contributed by atoms with Gasteiger partial charge in [0, 0.05) is 26.8 Å². The molecule has 0 amide bonds. The van der Waals surface area contributed by atoms with Crippen LogP contribution in [0.1, 0.15) is 0 Å². The summed E-state index contributed by atoms with van der Waals surface area (Å²) in [6, 6.07) is 73.0. The molecule has 0 aliphatic heterocycles. The first-order valence-electron chi connectivity index (χ1n) is 17.7. The van der Waals surface area contributed by atoms with Gasteiger partial charge in [0.15, 0.2) is 0 Å². The topological polar surface area (TPSA) is 3.24 Å². The lowest BCUT2D eigenvalue weighted by Crippen LogP contribution is -2.10. The molecule has 1 heterocycles. The minimum atomic E-state index is 1.12. The minimum absolute atomic E-state index is 1.12. The standard InChI is InChI=1S/C50H33NS/c1-2-9-34(10-3-1)43-25-30-46-47-15-8-16-48(50(47)52-49(46)33-43)51(44-26-21-37(22-27-44)41-19-17-35-11-4-6-13-39(35)31-41)45-28-23-38(24-29-45)42-20-18-36-12-5-7-14-40(36)32-42/h1-33H. The fraction of sp³-hybridized carbons (Fsp3) is 0. The van der Waals surface area contributed by atoms with E-state index < -0.39 is 0 Å². The third-order valence-electron chi connectivity index (χ3n) is 10.2. The fourth-order valence-electron chi connectivity index (χ4n) is 7.54. The summed E-state index contributed by atoms with van der Waals surface area (Å²) < 4.78 is 2.57. The van der Waals surface area contributed by atoms with Crippen LogP contribution in [0.5, 0.6) is 0 Å². The fourth-order valence-corrected chi connectivity index (χ4v) is 8.79. The summed E-state index contributed by atoms with van der Waals surface area (Å²) in [5.74, 6) is 0. The molecule has 244 valence electrons. The summed E-state index contributed by atoms with van der Waals surface area (Å²) in [5.41, 5.74) is 10.8. The third kappa shape index (κ3) is 5.42. The molecule has 2 heteroatoms. The van der Waals surface area contributed by atoms with Gasteiger partial charge in [0.1, 0.15) is 0 Å². The molecule has 10 rings (SSSR count). The van der Waals surface area contributed by atoms with Crippen LogP contribution in [0.3, 0.4) is 0 Å². The predicted molar refractivity (Wildman–Crippen MR) is 225 cm³/mol. The van der Waals surface area contributed by atoms with E-state index >= 15 is 0 Å². The zero-order valence-electron chi connectivity index (χ0n) is 28.4. The maximum atomic E-state index is 2.42. The second kappa shape index (κ2) is 12.7. The highest BCUT2D eigenvalue weighted by Crippen LogP contribution is 2.46. The Morgan fingerprint density at radius 1 is 0.308 bits per heavy atom. The van der Waals surface area contributed by atoms with E-state index in [-0.39, 0.29) is 0 Å². The molecule has 9 aromatic carbocycles. The van der Waals surface area contributed by atoms with Crippen LogP contribution in [0.2, 0.25) is 0 Å². The average molecular weight is 680 g/mol. The van der Waals surface area contributed by atoms with Crippen molar-refractivity contribution in [3.8, 4) is 33.4 Å². The normalized spacial score (nSPS) is 11.5. The van der Waals surface area contributed by atoms with Crippen LogP contribution in [-0.4, -0.2) is 0 Å². The van der Waals surface area contributed by atoms with Gasteiger partial charge in [-0.25, -0.2) is 0 Å². The molecule has 0 atom stereocenters. The van der Waals surface area contributed by atoms with Crippen LogP contribution in [0.15, 0.2) is 200 Å². The molecule has 0 aliphatic rings. The molecule has 0 N–H and O–H groups in total. The zero-order chi connectivity index (χ0) is 34.4. The van der Waals surface area contributed by atoms with E-state index in [1.807, 2.05) is 11.3 Å². The van der Waals surface area contributed by atoms with Gasteiger partial charge in [-0.3, -0.25) is 0 Å². The van der Waals surface area contributed by atoms with Gasteiger partial charge >= 0.3 is 0 Å². The van der Waals surface area contributed by atoms with Gasteiger partial charge in [-0.05, 0) is 103 Å². The number of rotatable bonds is 6. The lowest BCUT2D eigenvalue weighted by Gasteiger charge is -2.26. The van der Waals surface area contributed by atoms with Crippen LogP contribution in [0, 0.1) is 0 Å². The Hall–Kier alpha value is -6.48. The molecule has 1 nitrogen and oxygen atoms in total. The quantitative estimate of drug-likeness (QED) is 0.169. The Morgan fingerprint density at radius 3 is 1.38 bits per heavy atom. The van der Waals surface area contributed by atoms with Crippen LogP contribution >= 0.6 is 11.3 Å². The molecule has 0 spiro atoms. The summed E-state index contributed by atoms with van der Waals surface area (Å²) in [5, 5.41) is 7.60. The maximum Gasteiger partial charge on any atom is 0.0640 e. The Labute approximate surface area is 307 Å². The number of hydrogen-bond acceptors (Lipinski definition) is 2. The molecule has 1 aromatic heterocycles. The lowest BCUT2D eigenvalue weighted by atomic mass is 10.00. The number of thiophene rings is 1. The molecule has 0 aliphatic carbocycles. The van der Waals surface area contributed by atoms with E-state index in [0.717, 1.165) is 11.4 Å². The van der Waals surface area contributed by atoms with Crippen LogP contribution < -0.4 is 4.90 Å². The molecule has 0 saturated carbocycles. The smallest absolute Gasteiger partial charge is 0.0640 e. The van der Waals surface area contributed by atoms with Crippen molar-refractivity contribution in [1.82, 2.24) is 0 Å². The summed E-state index contributed by atoms with van der Waals surface area (Å²) in [6.07, 6.45) is 0. The Morgan fingerprint density at radius 2 is 0.788 bits per heavy atom. The van der Waals surface area contributed by atoms with E-state index in [1.54, 1.807) is 0 Å². The third-order valence-corrected chi connectivity index (χ3v) is 11.4. The number of hydrogen-bond donors (Lipinski definition) is 0. The second-order valence-corrected chi connectivity index (χ2v) is 14.4. The summed E-state index contributed by atoms with van der Waals surface area (Å²) in [4.78, 5) is 2.42. The lowest BCUT2D eigenvalue weighted by molar-refractivity contribution is 1.30. The van der Waals surface area contributed by atoms with Crippen molar-refractivity contribution in [2.24, 2.45) is 0 Å². The average Bonchev–Trinajstić information content (AvgIpc) is 3.60. The molecular weight excluding hydrogens is 647 g/mol. The highest BCUT2D eigenvalue weighted by Gasteiger charge is 2.19. The van der Waals surface area contributed by atoms with E-state index in [2.05, 4.69) is 205 Å². The Kier molecular flexibility index (Phi) is 7.41. The molecule has 0 unspecified atom stereocenters. The number of fused-ring (bicyclic) bond motifs is 5. The van der Waals surface area contributed by atoms with Gasteiger partial charge < -0.3 is 4.90 Å². The zero-order valence-corrected chi connectivity index (χ0v) is 29.2. The van der Waals surface area contributed by atoms with Gasteiger partial charge in [-0.1, -0.05) is 152 Å². The van der Waals surface area contributed by atoms with Crippen molar-refractivity contribution in [2.45, 2.75) is 0 Å². The highest BCUT2D eigenvalue weighted by molar-refractivity contribution is 7.26. The van der Waals surface area contributed by atoms with Crippen LogP contribution in [0.25, 0.3) is 75.1 Å². The molecular formula is C50H33NS. The largest absolute Gasteiger partial charge is 0.309 e. The predicted octanol–water partition coefficient (Wildman–Crippen LogP) is 14.8. The van der Waals surface area contributed by atoms with Crippen molar-refractivity contribution in [2.75, 3.05) is 4.90 Å². The first kappa shape index (κ1) is 30.4. The molecule has 52 heavy (non-hydrogen) atoms. The molecule has 0 saturated heterocycles. The molecule has 0 radical (unpaired) electrons. The number of anilines is 3. The van der Waals surface area contributed by atoms with E-state index in [9.17, 15) is 0 Å². The second-order valence-electron chi connectivity index (χ2n) is 13.4. The van der Waals surface area contributed by atoms with Crippen LogP contribution in [-0.2, 0) is 0 Å². The maximum absolute atomic E-state index is 2.42. The van der Waals surface area contributed by atoms with E-state index in [4.69, 9.17) is 0 Å². The van der Waals surface area contributed by atoms with Gasteiger partial charge in [-0.15, -0.1) is 11.3 Å². The highest BCUT2D eigenvalue weighted by atomic mass is 32.1. The monoisotopic (exact) mass is 679 g/mol. The molecule has 10 aromatic rings. The Bertz CT molecular complexity index is 2760. The van der Waals surface area contributed by atoms with Crippen molar-refractivity contribution in [3.05, 3.63) is 200 Å². The van der Waals surface area contributed by atoms with Gasteiger partial charge in [-0.2, -0.15) is 0 Å². The first-order valence-corrected chi connectivity index (χ1v) is 18.6. The molecule has 0 bridgehead atoms. The van der Waals surface area contributed by atoms with Crippen molar-refractivity contribution in [3.63, 3.8) is 0 Å². The Balaban J connectivity index is 1.10. The SMILES string of the molecule is c1ccc(-c2ccc3c(c2)sc2c(N(c4ccc(-c5ccc6ccccc6c5)cc4)c4ccc(-c5ccc6ccccc6c5)cc4)cccc23)cc1. The van der Waals surface area contributed by atoms with Crippen molar-refractivity contribution < 1.29 is 0 Å². The van der Waals surface area contributed by atoms with E-state index in [1.165, 1.54) is 80.8 Å². The van der Waals surface area contributed by atoms with Crippen molar-refractivity contribution in [1.29, 1.82) is 0 Å². The summed E-state index contributed by atoms with van der Waals surface area (Å²) in [6.45, 7) is 0. The summed E-state index contributed by atoms with van der Waals surface area (Å²) in [7, 11) is 0. The first-order chi connectivity index (χ1) is 25.7. The van der Waals surface area contributed by atoms with Gasteiger partial charge in [0.05, 0.1) is 10.4 Å². The molecule has 0 fully saturated rings. The number of nitrogens with zero attached hydrogens (tertiary/aromatic N) is 1. The van der Waals surface area contributed by atoms with Gasteiger partial charge in [0.2, 0.25) is 0 Å². The van der Waals surface area contributed by atoms with Crippen molar-refractivity contribution >= 4 is 70.1 Å². The minimum Gasteiger partial charge on any atom is -0.309 e. The van der Waals surface area contributed by atoms with Crippen LogP contribution in [0.4, 0.5) is 17.1 Å². The number of benzene rings is 9. The van der Waals surface area contributed by atoms with Gasteiger partial charge in [0.25, 0.3) is 0 Å².